The molecular formula is C13H15N3O4S2. The predicted molar refractivity (Wildman–Crippen MR) is 84.7 cm³/mol. The van der Waals surface area contributed by atoms with Crippen molar-refractivity contribution in [3.63, 3.8) is 0 Å². The lowest BCUT2D eigenvalue weighted by Crippen LogP contribution is -2.42. The maximum Gasteiger partial charge on any atom is 0.237 e. The van der Waals surface area contributed by atoms with Crippen molar-refractivity contribution < 1.29 is 17.9 Å². The maximum atomic E-state index is 11.7. The predicted octanol–water partition coefficient (Wildman–Crippen LogP) is -0.257. The average Bonchev–Trinajstić information content (AvgIpc) is 2.73. The minimum Gasteiger partial charge on any atom is -0.489 e. The van der Waals surface area contributed by atoms with Crippen molar-refractivity contribution in [2.45, 2.75) is 10.9 Å². The van der Waals surface area contributed by atoms with E-state index in [-0.39, 0.29) is 17.5 Å². The molecule has 2 aliphatic heterocycles. The number of carbonyl (C=O) groups excluding carboxylic acids is 1. The number of primary amides is 1. The van der Waals surface area contributed by atoms with Crippen LogP contribution >= 0.6 is 12.2 Å². The molecule has 0 bridgehead atoms. The van der Waals surface area contributed by atoms with Crippen LogP contribution < -0.4 is 15.4 Å². The molecule has 2 N–H and O–H groups in total. The lowest BCUT2D eigenvalue weighted by atomic mass is 10.2. The molecule has 1 saturated heterocycles. The maximum absolute atomic E-state index is 11.7. The number of hydrogen-bond donors (Lipinski definition) is 1. The summed E-state index contributed by atoms with van der Waals surface area (Å²) in [5, 5.41) is 0.457. The van der Waals surface area contributed by atoms with Crippen molar-refractivity contribution in [1.82, 2.24) is 4.90 Å². The van der Waals surface area contributed by atoms with Gasteiger partial charge in [0.2, 0.25) is 5.91 Å². The summed E-state index contributed by atoms with van der Waals surface area (Å²) in [6.45, 7) is 0.970. The number of rotatable bonds is 3. The van der Waals surface area contributed by atoms with Gasteiger partial charge in [0.25, 0.3) is 0 Å². The van der Waals surface area contributed by atoms with Crippen LogP contribution in [0.2, 0.25) is 0 Å². The van der Waals surface area contributed by atoms with Crippen LogP contribution in [-0.4, -0.2) is 56.3 Å². The lowest BCUT2D eigenvalue weighted by molar-refractivity contribution is -0.118. The van der Waals surface area contributed by atoms with Crippen molar-refractivity contribution in [3.8, 4) is 5.75 Å². The van der Waals surface area contributed by atoms with Crippen LogP contribution in [0.1, 0.15) is 0 Å². The number of fused-ring (bicyclic) bond motifs is 3. The Kier molecular flexibility index (Phi) is 3.48. The van der Waals surface area contributed by atoms with E-state index in [2.05, 4.69) is 0 Å². The fourth-order valence-corrected chi connectivity index (χ4v) is 3.72. The number of amides is 1. The van der Waals surface area contributed by atoms with Crippen LogP contribution in [0.15, 0.2) is 23.1 Å². The van der Waals surface area contributed by atoms with E-state index in [4.69, 9.17) is 22.7 Å². The quantitative estimate of drug-likeness (QED) is 0.757. The Bertz CT molecular complexity index is 763. The highest BCUT2D eigenvalue weighted by Crippen LogP contribution is 2.38. The molecule has 1 fully saturated rings. The molecular weight excluding hydrogens is 326 g/mol. The molecule has 1 unspecified atom stereocenters. The van der Waals surface area contributed by atoms with Gasteiger partial charge >= 0.3 is 0 Å². The average molecular weight is 341 g/mol. The van der Waals surface area contributed by atoms with E-state index in [0.717, 1.165) is 6.26 Å². The number of nitrogens with two attached hydrogens (primary N) is 1. The monoisotopic (exact) mass is 341 g/mol. The number of thiocarbonyl (C=S) groups is 1. The standard InChI is InChI=1S/C13H15N3O4S2/c1-22(18,19)9-2-3-11-10(4-9)16-8(7-20-11)5-15(13(16)21)6-12(14)17/h2-4,8H,5-7H2,1H3,(H2,14,17). The number of sulfone groups is 1. The van der Waals surface area contributed by atoms with Crippen LogP contribution in [0, 0.1) is 0 Å². The van der Waals surface area contributed by atoms with Crippen molar-refractivity contribution in [2.75, 3.05) is 30.9 Å². The molecule has 2 aliphatic rings. The van der Waals surface area contributed by atoms with Crippen molar-refractivity contribution in [3.05, 3.63) is 18.2 Å². The van der Waals surface area contributed by atoms with Gasteiger partial charge in [0.05, 0.1) is 23.2 Å². The van der Waals surface area contributed by atoms with E-state index >= 15 is 0 Å². The van der Waals surface area contributed by atoms with Crippen LogP contribution in [-0.2, 0) is 14.6 Å². The molecule has 0 saturated carbocycles. The topological polar surface area (TPSA) is 92.9 Å². The third-order valence-electron chi connectivity index (χ3n) is 3.67. The van der Waals surface area contributed by atoms with Gasteiger partial charge in [-0.3, -0.25) is 4.79 Å². The molecule has 2 heterocycles. The van der Waals surface area contributed by atoms with Crippen LogP contribution in [0.3, 0.4) is 0 Å². The third-order valence-corrected chi connectivity index (χ3v) is 5.23. The van der Waals surface area contributed by atoms with Crippen molar-refractivity contribution in [2.24, 2.45) is 5.73 Å². The molecule has 1 aromatic carbocycles. The summed E-state index contributed by atoms with van der Waals surface area (Å²) in [4.78, 5) is 14.9. The molecule has 0 radical (unpaired) electrons. The van der Waals surface area contributed by atoms with Crippen LogP contribution in [0.25, 0.3) is 0 Å². The summed E-state index contributed by atoms with van der Waals surface area (Å²) in [6, 6.07) is 4.63. The molecule has 0 spiro atoms. The summed E-state index contributed by atoms with van der Waals surface area (Å²) in [5.74, 6) is 0.111. The fourth-order valence-electron chi connectivity index (χ4n) is 2.69. The number of nitrogens with zero attached hydrogens (tertiary/aromatic N) is 2. The Morgan fingerprint density at radius 3 is 2.86 bits per heavy atom. The normalized spacial score (nSPS) is 20.4. The highest BCUT2D eigenvalue weighted by Gasteiger charge is 2.40. The fraction of sp³-hybridized carbons (Fsp3) is 0.385. The SMILES string of the molecule is CS(=O)(=O)c1ccc2c(c1)N1C(=S)N(CC(N)=O)CC1CO2. The van der Waals surface area contributed by atoms with Gasteiger partial charge in [0, 0.05) is 12.8 Å². The zero-order chi connectivity index (χ0) is 16.1. The van der Waals surface area contributed by atoms with Crippen LogP contribution in [0.5, 0.6) is 5.75 Å². The molecule has 1 atom stereocenters. The number of hydrogen-bond acceptors (Lipinski definition) is 5. The van der Waals surface area contributed by atoms with E-state index < -0.39 is 15.7 Å². The van der Waals surface area contributed by atoms with E-state index in [1.165, 1.54) is 6.07 Å². The Morgan fingerprint density at radius 1 is 1.50 bits per heavy atom. The smallest absolute Gasteiger partial charge is 0.237 e. The number of benzene rings is 1. The molecule has 9 heteroatoms. The first-order chi connectivity index (χ1) is 10.3. The summed E-state index contributed by atoms with van der Waals surface area (Å²) in [7, 11) is -3.33. The number of anilines is 1. The first-order valence-electron chi connectivity index (χ1n) is 6.60. The number of ether oxygens (including phenoxy) is 1. The zero-order valence-corrected chi connectivity index (χ0v) is 13.5. The molecule has 0 aromatic heterocycles. The zero-order valence-electron chi connectivity index (χ0n) is 11.9. The highest BCUT2D eigenvalue weighted by atomic mass is 32.2. The molecule has 1 amide bonds. The van der Waals surface area contributed by atoms with Gasteiger partial charge in [-0.2, -0.15) is 0 Å². The highest BCUT2D eigenvalue weighted by molar-refractivity contribution is 7.90. The van der Waals surface area contributed by atoms with E-state index in [9.17, 15) is 13.2 Å². The molecule has 7 nitrogen and oxygen atoms in total. The van der Waals surface area contributed by atoms with Gasteiger partial charge in [-0.1, -0.05) is 0 Å². The summed E-state index contributed by atoms with van der Waals surface area (Å²) in [6.07, 6.45) is 1.15. The second-order valence-corrected chi connectivity index (χ2v) is 7.75. The molecule has 118 valence electrons. The third kappa shape index (κ3) is 2.50. The largest absolute Gasteiger partial charge is 0.489 e. The first kappa shape index (κ1) is 15.0. The summed E-state index contributed by atoms with van der Waals surface area (Å²) < 4.78 is 29.1. The van der Waals surface area contributed by atoms with Crippen LogP contribution in [0.4, 0.5) is 5.69 Å². The second-order valence-electron chi connectivity index (χ2n) is 5.37. The van der Waals surface area contributed by atoms with Crippen molar-refractivity contribution >= 4 is 38.8 Å². The molecule has 3 rings (SSSR count). The Labute approximate surface area is 133 Å². The first-order valence-corrected chi connectivity index (χ1v) is 8.90. The Morgan fingerprint density at radius 2 is 2.23 bits per heavy atom. The second kappa shape index (κ2) is 5.10. The van der Waals surface area contributed by atoms with E-state index in [0.29, 0.717) is 29.7 Å². The Balaban J connectivity index is 2.01. The summed E-state index contributed by atoms with van der Waals surface area (Å²) in [5.41, 5.74) is 5.84. The van der Waals surface area contributed by atoms with E-state index in [1.54, 1.807) is 17.0 Å². The lowest BCUT2D eigenvalue weighted by Gasteiger charge is -2.32. The molecule has 1 aromatic rings. The molecule has 22 heavy (non-hydrogen) atoms. The molecule has 0 aliphatic carbocycles. The van der Waals surface area contributed by atoms with Crippen molar-refractivity contribution in [1.29, 1.82) is 0 Å². The van der Waals surface area contributed by atoms with E-state index in [1.807, 2.05) is 4.90 Å². The van der Waals surface area contributed by atoms with Gasteiger partial charge in [-0.05, 0) is 30.4 Å². The van der Waals surface area contributed by atoms with Gasteiger partial charge < -0.3 is 20.3 Å². The summed E-state index contributed by atoms with van der Waals surface area (Å²) >= 11 is 5.41. The van der Waals surface area contributed by atoms with Gasteiger partial charge in [-0.25, -0.2) is 8.42 Å². The minimum absolute atomic E-state index is 0.0347. The minimum atomic E-state index is -3.33. The van der Waals surface area contributed by atoms with Gasteiger partial charge in [-0.15, -0.1) is 0 Å². The Hall–Kier alpha value is -1.87. The van der Waals surface area contributed by atoms with Gasteiger partial charge in [0.1, 0.15) is 12.4 Å². The number of carbonyl (C=O) groups is 1. The van der Waals surface area contributed by atoms with Gasteiger partial charge in [0.15, 0.2) is 14.9 Å².